The van der Waals surface area contributed by atoms with Gasteiger partial charge >= 0.3 is 0 Å². The van der Waals surface area contributed by atoms with Gasteiger partial charge < -0.3 is 10.6 Å². The molecule has 3 rings (SSSR count). The standard InChI is InChI=1S/C20H21FN6O4S/c1-27(32(3,29)30)17-7-5-4-6-15(17)24-16-10-19(23-12-14(16)20(28)26-31-2)25-18-9-8-13(21)11-22-18/h4-12H,1-3H3,(H,26,28)(H2,22,23,24,25). The quantitative estimate of drug-likeness (QED) is 0.438. The van der Waals surface area contributed by atoms with E-state index in [9.17, 15) is 17.6 Å². The Kier molecular flexibility index (Phi) is 6.85. The van der Waals surface area contributed by atoms with Gasteiger partial charge in [0.05, 0.1) is 42.2 Å². The molecule has 0 aliphatic heterocycles. The fraction of sp³-hybridized carbons (Fsp3) is 0.150. The number of aromatic nitrogens is 2. The molecule has 32 heavy (non-hydrogen) atoms. The van der Waals surface area contributed by atoms with Gasteiger partial charge in [0.15, 0.2) is 0 Å². The second kappa shape index (κ2) is 9.58. The molecular weight excluding hydrogens is 439 g/mol. The van der Waals surface area contributed by atoms with Crippen LogP contribution >= 0.6 is 0 Å². The molecule has 0 atom stereocenters. The zero-order valence-corrected chi connectivity index (χ0v) is 18.3. The summed E-state index contributed by atoms with van der Waals surface area (Å²) < 4.78 is 38.3. The van der Waals surface area contributed by atoms with Crippen LogP contribution in [0.15, 0.2) is 54.9 Å². The van der Waals surface area contributed by atoms with Crippen LogP contribution in [0.25, 0.3) is 0 Å². The smallest absolute Gasteiger partial charge is 0.278 e. The minimum Gasteiger partial charge on any atom is -0.353 e. The molecule has 0 spiro atoms. The molecule has 0 unspecified atom stereocenters. The highest BCUT2D eigenvalue weighted by Gasteiger charge is 2.19. The summed E-state index contributed by atoms with van der Waals surface area (Å²) in [5.74, 6) is -0.391. The van der Waals surface area contributed by atoms with Gasteiger partial charge in [0, 0.05) is 19.3 Å². The van der Waals surface area contributed by atoms with E-state index in [-0.39, 0.29) is 5.56 Å². The molecule has 10 nitrogen and oxygen atoms in total. The predicted molar refractivity (Wildman–Crippen MR) is 119 cm³/mol. The third-order valence-electron chi connectivity index (χ3n) is 4.34. The Bertz CT molecular complexity index is 1220. The van der Waals surface area contributed by atoms with Crippen LogP contribution in [0.2, 0.25) is 0 Å². The number of para-hydroxylation sites is 2. The predicted octanol–water partition coefficient (Wildman–Crippen LogP) is 2.79. The number of carbonyl (C=O) groups excluding carboxylic acids is 1. The van der Waals surface area contributed by atoms with Gasteiger partial charge in [-0.05, 0) is 24.3 Å². The molecule has 2 aromatic heterocycles. The first kappa shape index (κ1) is 22.9. The van der Waals surface area contributed by atoms with E-state index >= 15 is 0 Å². The third kappa shape index (κ3) is 5.47. The molecule has 12 heteroatoms. The van der Waals surface area contributed by atoms with Crippen LogP contribution < -0.4 is 20.4 Å². The number of hydrogen-bond acceptors (Lipinski definition) is 8. The Balaban J connectivity index is 2.01. The molecule has 1 amide bonds. The summed E-state index contributed by atoms with van der Waals surface area (Å²) in [5.41, 5.74) is 3.49. The van der Waals surface area contributed by atoms with Crippen molar-refractivity contribution >= 4 is 44.6 Å². The molecule has 3 N–H and O–H groups in total. The van der Waals surface area contributed by atoms with Gasteiger partial charge in [-0.1, -0.05) is 12.1 Å². The molecular formula is C20H21FN6O4S. The molecule has 0 saturated heterocycles. The molecule has 1 aromatic carbocycles. The Morgan fingerprint density at radius 3 is 2.41 bits per heavy atom. The van der Waals surface area contributed by atoms with Gasteiger partial charge in [-0.3, -0.25) is 13.9 Å². The summed E-state index contributed by atoms with van der Waals surface area (Å²) >= 11 is 0. The average Bonchev–Trinajstić information content (AvgIpc) is 2.75. The van der Waals surface area contributed by atoms with Crippen LogP contribution in [-0.4, -0.2) is 44.7 Å². The molecule has 0 radical (unpaired) electrons. The van der Waals surface area contributed by atoms with Crippen molar-refractivity contribution in [1.82, 2.24) is 15.4 Å². The number of rotatable bonds is 8. The molecule has 0 bridgehead atoms. The summed E-state index contributed by atoms with van der Waals surface area (Å²) in [6.45, 7) is 0. The Labute approximate surface area is 184 Å². The van der Waals surface area contributed by atoms with E-state index in [1.165, 1.54) is 38.6 Å². The average molecular weight is 460 g/mol. The lowest BCUT2D eigenvalue weighted by Gasteiger charge is -2.22. The third-order valence-corrected chi connectivity index (χ3v) is 5.53. The summed E-state index contributed by atoms with van der Waals surface area (Å²) in [6, 6.07) is 10.9. The van der Waals surface area contributed by atoms with Crippen LogP contribution in [-0.2, 0) is 14.9 Å². The number of hydroxylamine groups is 1. The number of pyridine rings is 2. The minimum atomic E-state index is -3.53. The van der Waals surface area contributed by atoms with Crippen molar-refractivity contribution in [3.05, 3.63) is 66.2 Å². The number of anilines is 5. The highest BCUT2D eigenvalue weighted by Crippen LogP contribution is 2.31. The lowest BCUT2D eigenvalue weighted by molar-refractivity contribution is 0.0538. The number of amides is 1. The Hall–Kier alpha value is -3.77. The molecule has 3 aromatic rings. The first-order valence-electron chi connectivity index (χ1n) is 9.21. The summed E-state index contributed by atoms with van der Waals surface area (Å²) in [7, 11) is -0.806. The Morgan fingerprint density at radius 1 is 1.03 bits per heavy atom. The van der Waals surface area contributed by atoms with Crippen LogP contribution in [0.5, 0.6) is 0 Å². The number of nitrogens with zero attached hydrogens (tertiary/aromatic N) is 3. The number of carbonyl (C=O) groups is 1. The van der Waals surface area contributed by atoms with Crippen LogP contribution in [0, 0.1) is 5.82 Å². The van der Waals surface area contributed by atoms with E-state index < -0.39 is 21.7 Å². The molecule has 2 heterocycles. The molecule has 0 aliphatic rings. The van der Waals surface area contributed by atoms with Gasteiger partial charge in [-0.2, -0.15) is 0 Å². The fourth-order valence-electron chi connectivity index (χ4n) is 2.71. The SMILES string of the molecule is CONC(=O)c1cnc(Nc2ccc(F)cn2)cc1Nc1ccccc1N(C)S(C)(=O)=O. The highest BCUT2D eigenvalue weighted by atomic mass is 32.2. The summed E-state index contributed by atoms with van der Waals surface area (Å²) in [5, 5.41) is 6.00. The van der Waals surface area contributed by atoms with E-state index in [2.05, 4.69) is 26.1 Å². The van der Waals surface area contributed by atoms with Crippen molar-refractivity contribution in [2.24, 2.45) is 0 Å². The second-order valence-corrected chi connectivity index (χ2v) is 8.62. The van der Waals surface area contributed by atoms with Crippen LogP contribution in [0.4, 0.5) is 33.1 Å². The van der Waals surface area contributed by atoms with Gasteiger partial charge in [0.2, 0.25) is 10.0 Å². The lowest BCUT2D eigenvalue weighted by atomic mass is 10.2. The van der Waals surface area contributed by atoms with Crippen molar-refractivity contribution in [2.45, 2.75) is 0 Å². The second-order valence-electron chi connectivity index (χ2n) is 6.61. The maximum atomic E-state index is 13.1. The van der Waals surface area contributed by atoms with E-state index in [1.54, 1.807) is 24.3 Å². The zero-order valence-electron chi connectivity index (χ0n) is 17.5. The molecule has 0 aliphatic carbocycles. The molecule has 0 fully saturated rings. The molecule has 0 saturated carbocycles. The van der Waals surface area contributed by atoms with Crippen molar-refractivity contribution in [3.8, 4) is 0 Å². The van der Waals surface area contributed by atoms with E-state index in [0.29, 0.717) is 28.7 Å². The van der Waals surface area contributed by atoms with Gasteiger partial charge in [0.1, 0.15) is 17.5 Å². The summed E-state index contributed by atoms with van der Waals surface area (Å²) in [4.78, 5) is 25.3. The van der Waals surface area contributed by atoms with E-state index in [4.69, 9.17) is 4.84 Å². The highest BCUT2D eigenvalue weighted by molar-refractivity contribution is 7.92. The van der Waals surface area contributed by atoms with Crippen molar-refractivity contribution in [3.63, 3.8) is 0 Å². The molecule has 168 valence electrons. The van der Waals surface area contributed by atoms with Crippen LogP contribution in [0.3, 0.4) is 0 Å². The zero-order chi connectivity index (χ0) is 23.3. The minimum absolute atomic E-state index is 0.140. The van der Waals surface area contributed by atoms with Gasteiger partial charge in [-0.25, -0.2) is 28.3 Å². The number of sulfonamides is 1. The first-order chi connectivity index (χ1) is 15.2. The van der Waals surface area contributed by atoms with Gasteiger partial charge in [0.25, 0.3) is 5.91 Å². The maximum absolute atomic E-state index is 13.1. The fourth-order valence-corrected chi connectivity index (χ4v) is 3.23. The number of halogens is 1. The monoisotopic (exact) mass is 460 g/mol. The van der Waals surface area contributed by atoms with Crippen molar-refractivity contribution < 1.29 is 22.4 Å². The summed E-state index contributed by atoms with van der Waals surface area (Å²) in [6.07, 6.45) is 3.45. The van der Waals surface area contributed by atoms with Crippen LogP contribution in [0.1, 0.15) is 10.4 Å². The van der Waals surface area contributed by atoms with E-state index in [1.807, 2.05) is 0 Å². The maximum Gasteiger partial charge on any atom is 0.278 e. The normalized spacial score (nSPS) is 11.0. The topological polar surface area (TPSA) is 126 Å². The number of benzene rings is 1. The number of nitrogens with one attached hydrogen (secondary N) is 3. The lowest BCUT2D eigenvalue weighted by Crippen LogP contribution is -2.26. The van der Waals surface area contributed by atoms with Crippen molar-refractivity contribution in [2.75, 3.05) is 35.4 Å². The van der Waals surface area contributed by atoms with E-state index in [0.717, 1.165) is 16.8 Å². The largest absolute Gasteiger partial charge is 0.353 e. The van der Waals surface area contributed by atoms with Gasteiger partial charge in [-0.15, -0.1) is 0 Å². The Morgan fingerprint density at radius 2 is 1.75 bits per heavy atom. The number of hydrogen-bond donors (Lipinski definition) is 3. The van der Waals surface area contributed by atoms with Crippen molar-refractivity contribution in [1.29, 1.82) is 0 Å². The first-order valence-corrected chi connectivity index (χ1v) is 11.1.